The summed E-state index contributed by atoms with van der Waals surface area (Å²) in [4.78, 5) is 36.5. The highest BCUT2D eigenvalue weighted by Crippen LogP contribution is 2.17. The predicted molar refractivity (Wildman–Crippen MR) is 88.0 cm³/mol. The van der Waals surface area contributed by atoms with Crippen molar-refractivity contribution in [1.29, 1.82) is 0 Å². The van der Waals surface area contributed by atoms with Crippen LogP contribution in [0.1, 0.15) is 52.9 Å². The summed E-state index contributed by atoms with van der Waals surface area (Å²) in [5, 5.41) is 8.02. The molecule has 0 aromatic heterocycles. The van der Waals surface area contributed by atoms with Crippen molar-refractivity contribution in [1.82, 2.24) is 16.0 Å². The van der Waals surface area contributed by atoms with E-state index in [2.05, 4.69) is 16.0 Å². The summed E-state index contributed by atoms with van der Waals surface area (Å²) >= 11 is 0. The van der Waals surface area contributed by atoms with Crippen molar-refractivity contribution in [3.63, 3.8) is 0 Å². The molecule has 0 aromatic carbocycles. The van der Waals surface area contributed by atoms with Gasteiger partial charge < -0.3 is 15.5 Å². The maximum absolute atomic E-state index is 12.1. The lowest BCUT2D eigenvalue weighted by Crippen LogP contribution is -3.15. The summed E-state index contributed by atoms with van der Waals surface area (Å²) < 4.78 is 0. The lowest BCUT2D eigenvalue weighted by Gasteiger charge is -2.24. The van der Waals surface area contributed by atoms with E-state index >= 15 is 0 Å². The number of hydrogen-bond acceptors (Lipinski definition) is 3. The van der Waals surface area contributed by atoms with Gasteiger partial charge in [-0.2, -0.15) is 0 Å². The molecular formula is C16H31N4O3+. The molecule has 2 atom stereocenters. The maximum atomic E-state index is 12.1. The number of quaternary nitrogens is 1. The summed E-state index contributed by atoms with van der Waals surface area (Å²) in [7, 11) is 1.77. The van der Waals surface area contributed by atoms with Crippen LogP contribution in [0.4, 0.5) is 4.79 Å². The minimum atomic E-state index is -0.481. The first-order chi connectivity index (χ1) is 10.8. The Balaban J connectivity index is 2.36. The molecule has 7 nitrogen and oxygen atoms in total. The standard InChI is InChI=1S/C16H30N4O3/c1-11(2)17-14(21)10-20(4)12(3)15(22)19-16(23)18-13-8-6-5-7-9-13/h11-13H,5-10H2,1-4H3,(H,17,21)(H2,18,19,22,23)/p+1/t12-/m0/s1. The van der Waals surface area contributed by atoms with Crippen LogP contribution in [0.2, 0.25) is 0 Å². The van der Waals surface area contributed by atoms with Gasteiger partial charge >= 0.3 is 6.03 Å². The average Bonchev–Trinajstić information content (AvgIpc) is 2.46. The second-order valence-electron chi connectivity index (χ2n) is 6.76. The summed E-state index contributed by atoms with van der Waals surface area (Å²) in [5.74, 6) is -0.475. The number of imide groups is 1. The number of urea groups is 1. The van der Waals surface area contributed by atoms with E-state index in [9.17, 15) is 14.4 Å². The first kappa shape index (κ1) is 19.4. The molecule has 1 aliphatic carbocycles. The fraction of sp³-hybridized carbons (Fsp3) is 0.812. The van der Waals surface area contributed by atoms with Gasteiger partial charge in [-0.1, -0.05) is 19.3 Å². The van der Waals surface area contributed by atoms with Gasteiger partial charge in [-0.3, -0.25) is 14.9 Å². The van der Waals surface area contributed by atoms with Crippen molar-refractivity contribution >= 4 is 17.8 Å². The second kappa shape index (κ2) is 9.50. The monoisotopic (exact) mass is 327 g/mol. The molecule has 23 heavy (non-hydrogen) atoms. The van der Waals surface area contributed by atoms with E-state index in [1.165, 1.54) is 6.42 Å². The largest absolute Gasteiger partial charge is 0.349 e. The number of carbonyl (C=O) groups excluding carboxylic acids is 3. The summed E-state index contributed by atoms with van der Waals surface area (Å²) in [6, 6.07) is -0.687. The third kappa shape index (κ3) is 7.45. The minimum absolute atomic E-state index is 0.0701. The molecule has 1 fully saturated rings. The van der Waals surface area contributed by atoms with E-state index < -0.39 is 12.1 Å². The third-order valence-electron chi connectivity index (χ3n) is 4.20. The molecule has 0 spiro atoms. The van der Waals surface area contributed by atoms with E-state index in [4.69, 9.17) is 0 Å². The summed E-state index contributed by atoms with van der Waals surface area (Å²) in [6.07, 6.45) is 5.39. The van der Waals surface area contributed by atoms with Gasteiger partial charge in [-0.15, -0.1) is 0 Å². The zero-order chi connectivity index (χ0) is 17.4. The highest BCUT2D eigenvalue weighted by Gasteiger charge is 2.26. The van der Waals surface area contributed by atoms with Gasteiger partial charge in [0.05, 0.1) is 7.05 Å². The molecule has 4 N–H and O–H groups in total. The van der Waals surface area contributed by atoms with Crippen LogP contribution < -0.4 is 20.9 Å². The van der Waals surface area contributed by atoms with Crippen LogP contribution in [0.15, 0.2) is 0 Å². The van der Waals surface area contributed by atoms with E-state index in [1.807, 2.05) is 13.8 Å². The first-order valence-electron chi connectivity index (χ1n) is 8.52. The number of rotatable bonds is 6. The maximum Gasteiger partial charge on any atom is 0.321 e. The zero-order valence-electron chi connectivity index (χ0n) is 14.7. The molecule has 7 heteroatoms. The van der Waals surface area contributed by atoms with Gasteiger partial charge in [-0.05, 0) is 33.6 Å². The predicted octanol–water partition coefficient (Wildman–Crippen LogP) is -0.427. The van der Waals surface area contributed by atoms with Crippen LogP contribution in [0.5, 0.6) is 0 Å². The van der Waals surface area contributed by atoms with Crippen molar-refractivity contribution in [2.75, 3.05) is 13.6 Å². The highest BCUT2D eigenvalue weighted by molar-refractivity contribution is 5.96. The van der Waals surface area contributed by atoms with Gasteiger partial charge in [0.2, 0.25) is 0 Å². The number of hydrogen-bond donors (Lipinski definition) is 4. The van der Waals surface area contributed by atoms with Crippen molar-refractivity contribution in [3.05, 3.63) is 0 Å². The molecule has 0 bridgehead atoms. The first-order valence-corrected chi connectivity index (χ1v) is 8.52. The average molecular weight is 327 g/mol. The minimum Gasteiger partial charge on any atom is -0.349 e. The topological polar surface area (TPSA) is 91.7 Å². The lowest BCUT2D eigenvalue weighted by molar-refractivity contribution is -0.886. The van der Waals surface area contributed by atoms with Crippen molar-refractivity contribution in [2.24, 2.45) is 0 Å². The molecule has 0 aliphatic heterocycles. The van der Waals surface area contributed by atoms with Crippen LogP contribution >= 0.6 is 0 Å². The second-order valence-corrected chi connectivity index (χ2v) is 6.76. The van der Waals surface area contributed by atoms with Crippen LogP contribution in [-0.2, 0) is 9.59 Å². The number of amides is 4. The van der Waals surface area contributed by atoms with Gasteiger partial charge in [0.15, 0.2) is 12.6 Å². The number of likely N-dealkylation sites (N-methyl/N-ethyl adjacent to an activating group) is 1. The Hall–Kier alpha value is -1.63. The Morgan fingerprint density at radius 3 is 2.26 bits per heavy atom. The SMILES string of the molecule is CC(C)NC(=O)C[NH+](C)[C@@H](C)C(=O)NC(=O)NC1CCCCC1. The highest BCUT2D eigenvalue weighted by atomic mass is 16.2. The van der Waals surface area contributed by atoms with Crippen LogP contribution in [0.25, 0.3) is 0 Å². The third-order valence-corrected chi connectivity index (χ3v) is 4.20. The Kier molecular flexibility index (Phi) is 8.02. The molecule has 1 unspecified atom stereocenters. The molecule has 1 aliphatic rings. The molecular weight excluding hydrogens is 296 g/mol. The van der Waals surface area contributed by atoms with Gasteiger partial charge in [0.1, 0.15) is 0 Å². The molecule has 1 saturated carbocycles. The molecule has 0 aromatic rings. The zero-order valence-corrected chi connectivity index (χ0v) is 14.7. The van der Waals surface area contributed by atoms with Crippen LogP contribution in [0, 0.1) is 0 Å². The van der Waals surface area contributed by atoms with E-state index in [0.29, 0.717) is 0 Å². The van der Waals surface area contributed by atoms with Gasteiger partial charge in [-0.25, -0.2) is 4.79 Å². The fourth-order valence-corrected chi connectivity index (χ4v) is 2.69. The Morgan fingerprint density at radius 1 is 1.09 bits per heavy atom. The molecule has 0 saturated heterocycles. The van der Waals surface area contributed by atoms with Crippen LogP contribution in [0.3, 0.4) is 0 Å². The summed E-state index contributed by atoms with van der Waals surface area (Å²) in [5.41, 5.74) is 0. The van der Waals surface area contributed by atoms with Crippen LogP contribution in [-0.4, -0.2) is 49.6 Å². The Labute approximate surface area is 138 Å². The van der Waals surface area contributed by atoms with Crippen molar-refractivity contribution in [2.45, 2.75) is 71.0 Å². The van der Waals surface area contributed by atoms with E-state index in [1.54, 1.807) is 14.0 Å². The summed E-state index contributed by atoms with van der Waals surface area (Å²) in [6.45, 7) is 5.68. The van der Waals surface area contributed by atoms with Gasteiger partial charge in [0.25, 0.3) is 11.8 Å². The Morgan fingerprint density at radius 2 is 1.70 bits per heavy atom. The van der Waals surface area contributed by atoms with E-state index in [-0.39, 0.29) is 30.4 Å². The van der Waals surface area contributed by atoms with Gasteiger partial charge in [0, 0.05) is 12.1 Å². The van der Waals surface area contributed by atoms with E-state index in [0.717, 1.165) is 30.6 Å². The molecule has 0 heterocycles. The Bertz CT molecular complexity index is 420. The smallest absolute Gasteiger partial charge is 0.321 e. The molecule has 0 radical (unpaired) electrons. The van der Waals surface area contributed by atoms with Crippen molar-refractivity contribution < 1.29 is 19.3 Å². The quantitative estimate of drug-likeness (QED) is 0.534. The number of nitrogens with one attached hydrogen (secondary N) is 4. The lowest BCUT2D eigenvalue weighted by atomic mass is 9.96. The number of carbonyl (C=O) groups is 3. The molecule has 4 amide bonds. The fourth-order valence-electron chi connectivity index (χ4n) is 2.69. The molecule has 132 valence electrons. The normalized spacial score (nSPS) is 18.1. The molecule has 1 rings (SSSR count). The van der Waals surface area contributed by atoms with Crippen molar-refractivity contribution in [3.8, 4) is 0 Å².